The molecule has 0 unspecified atom stereocenters. The first-order valence-electron chi connectivity index (χ1n) is 9.90. The molecule has 3 fully saturated rings. The molecule has 2 heterocycles. The minimum atomic E-state index is 0. The molecule has 27 heavy (non-hydrogen) atoms. The molecule has 8 heteroatoms. The molecular formula is C19H34Cl2N6. The van der Waals surface area contributed by atoms with E-state index in [0.717, 1.165) is 30.9 Å². The summed E-state index contributed by atoms with van der Waals surface area (Å²) in [5.74, 6) is 1.50. The van der Waals surface area contributed by atoms with E-state index in [4.69, 9.17) is 5.73 Å². The van der Waals surface area contributed by atoms with Gasteiger partial charge in [0.15, 0.2) is 0 Å². The number of nitrogens with zero attached hydrogens (tertiary/aromatic N) is 4. The van der Waals surface area contributed by atoms with Gasteiger partial charge in [-0.2, -0.15) is 0 Å². The first kappa shape index (κ1) is 22.6. The van der Waals surface area contributed by atoms with E-state index in [0.29, 0.717) is 17.5 Å². The van der Waals surface area contributed by atoms with E-state index in [1.807, 2.05) is 0 Å². The standard InChI is InChI=1S/C19H32N6.2ClH/c1-24-6-8-25(9-7-24)19(4-2-3-5-19)13-21-18-12-17(22-14-23-18)15-10-16(20)11-15;;/h12,14-16H,2-11,13,20H2,1H3,(H,21,22,23);2*1H. The Bertz CT molecular complexity index is 581. The van der Waals surface area contributed by atoms with Gasteiger partial charge in [0.2, 0.25) is 0 Å². The van der Waals surface area contributed by atoms with Crippen molar-refractivity contribution in [1.29, 1.82) is 0 Å². The normalized spacial score (nSPS) is 27.9. The van der Waals surface area contributed by atoms with Crippen LogP contribution in [0.1, 0.15) is 50.1 Å². The lowest BCUT2D eigenvalue weighted by atomic mass is 9.78. The molecule has 4 rings (SSSR count). The molecule has 0 bridgehead atoms. The lowest BCUT2D eigenvalue weighted by Crippen LogP contribution is -2.58. The maximum Gasteiger partial charge on any atom is 0.129 e. The smallest absolute Gasteiger partial charge is 0.129 e. The molecule has 0 amide bonds. The Hall–Kier alpha value is -0.660. The molecule has 3 N–H and O–H groups in total. The highest BCUT2D eigenvalue weighted by atomic mass is 35.5. The van der Waals surface area contributed by atoms with Gasteiger partial charge in [-0.25, -0.2) is 9.97 Å². The van der Waals surface area contributed by atoms with Crippen molar-refractivity contribution in [3.8, 4) is 0 Å². The lowest BCUT2D eigenvalue weighted by molar-refractivity contribution is 0.0510. The number of nitrogens with one attached hydrogen (secondary N) is 1. The molecule has 0 atom stereocenters. The van der Waals surface area contributed by atoms with Crippen LogP contribution in [0.25, 0.3) is 0 Å². The van der Waals surface area contributed by atoms with E-state index in [1.165, 1.54) is 51.9 Å². The van der Waals surface area contributed by atoms with E-state index in [1.54, 1.807) is 6.33 Å². The van der Waals surface area contributed by atoms with Crippen LogP contribution in [-0.2, 0) is 0 Å². The molecule has 154 valence electrons. The summed E-state index contributed by atoms with van der Waals surface area (Å²) in [7, 11) is 2.23. The number of anilines is 1. The number of hydrogen-bond acceptors (Lipinski definition) is 6. The molecule has 1 aliphatic heterocycles. The average molecular weight is 417 g/mol. The molecular weight excluding hydrogens is 383 g/mol. The van der Waals surface area contributed by atoms with Crippen LogP contribution in [0.15, 0.2) is 12.4 Å². The molecule has 0 radical (unpaired) electrons. The number of halogens is 2. The van der Waals surface area contributed by atoms with Crippen LogP contribution in [0.2, 0.25) is 0 Å². The third-order valence-electron chi connectivity index (χ3n) is 6.59. The highest BCUT2D eigenvalue weighted by Crippen LogP contribution is 2.37. The summed E-state index contributed by atoms with van der Waals surface area (Å²) in [4.78, 5) is 14.1. The van der Waals surface area contributed by atoms with Gasteiger partial charge in [-0.3, -0.25) is 4.90 Å². The molecule has 1 aromatic rings. The fourth-order valence-electron chi connectivity index (χ4n) is 4.77. The summed E-state index contributed by atoms with van der Waals surface area (Å²) in [5.41, 5.74) is 7.39. The van der Waals surface area contributed by atoms with Crippen molar-refractivity contribution in [2.75, 3.05) is 45.1 Å². The van der Waals surface area contributed by atoms with E-state index < -0.39 is 0 Å². The number of piperazine rings is 1. The Labute approximate surface area is 175 Å². The molecule has 1 saturated heterocycles. The van der Waals surface area contributed by atoms with Crippen molar-refractivity contribution >= 4 is 30.6 Å². The van der Waals surface area contributed by atoms with Crippen molar-refractivity contribution in [3.63, 3.8) is 0 Å². The number of nitrogens with two attached hydrogens (primary N) is 1. The third kappa shape index (κ3) is 5.04. The zero-order chi connectivity index (χ0) is 17.3. The van der Waals surface area contributed by atoms with E-state index in [9.17, 15) is 0 Å². The van der Waals surface area contributed by atoms with E-state index >= 15 is 0 Å². The minimum Gasteiger partial charge on any atom is -0.368 e. The Morgan fingerprint density at radius 2 is 1.78 bits per heavy atom. The lowest BCUT2D eigenvalue weighted by Gasteiger charge is -2.45. The average Bonchev–Trinajstić information content (AvgIpc) is 3.08. The van der Waals surface area contributed by atoms with Gasteiger partial charge in [0, 0.05) is 62.0 Å². The minimum absolute atomic E-state index is 0. The fraction of sp³-hybridized carbons (Fsp3) is 0.789. The van der Waals surface area contributed by atoms with Crippen molar-refractivity contribution in [2.45, 2.75) is 56.0 Å². The second-order valence-corrected chi connectivity index (χ2v) is 8.33. The van der Waals surface area contributed by atoms with Crippen LogP contribution in [0.5, 0.6) is 0 Å². The third-order valence-corrected chi connectivity index (χ3v) is 6.59. The molecule has 2 aliphatic carbocycles. The first-order chi connectivity index (χ1) is 12.1. The van der Waals surface area contributed by atoms with E-state index in [-0.39, 0.29) is 24.8 Å². The second kappa shape index (κ2) is 9.70. The van der Waals surface area contributed by atoms with Crippen LogP contribution in [0.4, 0.5) is 5.82 Å². The predicted octanol–water partition coefficient (Wildman–Crippen LogP) is 2.50. The maximum atomic E-state index is 5.93. The van der Waals surface area contributed by atoms with Crippen LogP contribution in [0, 0.1) is 0 Å². The topological polar surface area (TPSA) is 70.3 Å². The summed E-state index contributed by atoms with van der Waals surface area (Å²) >= 11 is 0. The molecule has 0 aromatic carbocycles. The highest BCUT2D eigenvalue weighted by molar-refractivity contribution is 5.85. The highest BCUT2D eigenvalue weighted by Gasteiger charge is 2.40. The number of hydrogen-bond donors (Lipinski definition) is 2. The Morgan fingerprint density at radius 1 is 1.11 bits per heavy atom. The van der Waals surface area contributed by atoms with Crippen LogP contribution in [0.3, 0.4) is 0 Å². The molecule has 1 aromatic heterocycles. The summed E-state index contributed by atoms with van der Waals surface area (Å²) < 4.78 is 0. The number of aromatic nitrogens is 2. The molecule has 3 aliphatic rings. The Balaban J connectivity index is 0.00000131. The van der Waals surface area contributed by atoms with Gasteiger partial charge in [-0.1, -0.05) is 12.8 Å². The zero-order valence-electron chi connectivity index (χ0n) is 16.3. The van der Waals surface area contributed by atoms with Gasteiger partial charge in [0.1, 0.15) is 12.1 Å². The first-order valence-corrected chi connectivity index (χ1v) is 9.90. The number of likely N-dealkylation sites (N-methyl/N-ethyl adjacent to an activating group) is 1. The van der Waals surface area contributed by atoms with Gasteiger partial charge in [-0.15, -0.1) is 24.8 Å². The largest absolute Gasteiger partial charge is 0.368 e. The summed E-state index contributed by atoms with van der Waals surface area (Å²) in [6.45, 7) is 5.74. The van der Waals surface area contributed by atoms with Crippen molar-refractivity contribution in [3.05, 3.63) is 18.1 Å². The second-order valence-electron chi connectivity index (χ2n) is 8.33. The predicted molar refractivity (Wildman–Crippen MR) is 115 cm³/mol. The van der Waals surface area contributed by atoms with Crippen LogP contribution >= 0.6 is 24.8 Å². The van der Waals surface area contributed by atoms with Gasteiger partial charge >= 0.3 is 0 Å². The quantitative estimate of drug-likeness (QED) is 0.767. The zero-order valence-corrected chi connectivity index (χ0v) is 17.9. The monoisotopic (exact) mass is 416 g/mol. The van der Waals surface area contributed by atoms with Gasteiger partial charge in [0.05, 0.1) is 0 Å². The Morgan fingerprint density at radius 3 is 2.41 bits per heavy atom. The summed E-state index contributed by atoms with van der Waals surface area (Å²) in [5, 5.41) is 3.65. The maximum absolute atomic E-state index is 5.93. The molecule has 6 nitrogen and oxygen atoms in total. The Kier molecular flexibility index (Phi) is 8.13. The van der Waals surface area contributed by atoms with Gasteiger partial charge < -0.3 is 16.0 Å². The summed E-state index contributed by atoms with van der Waals surface area (Å²) in [6.07, 6.45) is 9.13. The number of rotatable bonds is 5. The summed E-state index contributed by atoms with van der Waals surface area (Å²) in [6, 6.07) is 2.50. The van der Waals surface area contributed by atoms with Crippen molar-refractivity contribution in [2.24, 2.45) is 5.73 Å². The van der Waals surface area contributed by atoms with Crippen LogP contribution < -0.4 is 11.1 Å². The molecule has 0 spiro atoms. The van der Waals surface area contributed by atoms with Crippen LogP contribution in [-0.4, -0.2) is 71.1 Å². The van der Waals surface area contributed by atoms with E-state index in [2.05, 4.69) is 38.2 Å². The fourth-order valence-corrected chi connectivity index (χ4v) is 4.77. The van der Waals surface area contributed by atoms with Gasteiger partial charge in [-0.05, 0) is 32.7 Å². The van der Waals surface area contributed by atoms with Crippen molar-refractivity contribution < 1.29 is 0 Å². The van der Waals surface area contributed by atoms with Gasteiger partial charge in [0.25, 0.3) is 0 Å². The SMILES string of the molecule is CN1CCN(C2(CNc3cc(C4CC(N)C4)ncn3)CCCC2)CC1.Cl.Cl. The molecule has 2 saturated carbocycles. The van der Waals surface area contributed by atoms with Crippen molar-refractivity contribution in [1.82, 2.24) is 19.8 Å².